The Morgan fingerprint density at radius 3 is 2.94 bits per heavy atom. The zero-order valence-corrected chi connectivity index (χ0v) is 12.1. The first kappa shape index (κ1) is 14.1. The smallest absolute Gasteiger partial charge is 0.129 e. The monoisotopic (exact) mass is 287 g/mol. The van der Waals surface area contributed by atoms with Gasteiger partial charge in [0.2, 0.25) is 0 Å². The molecule has 1 aromatic rings. The van der Waals surface area contributed by atoms with Crippen molar-refractivity contribution in [3.8, 4) is 0 Å². The van der Waals surface area contributed by atoms with Gasteiger partial charge in [-0.2, -0.15) is 0 Å². The molecule has 1 saturated heterocycles. The van der Waals surface area contributed by atoms with Crippen molar-refractivity contribution in [1.82, 2.24) is 9.88 Å². The summed E-state index contributed by atoms with van der Waals surface area (Å²) < 4.78 is 0. The Morgan fingerprint density at radius 1 is 1.44 bits per heavy atom. The number of nitrogens with zero attached hydrogens (tertiary/aromatic N) is 2. The molecule has 1 fully saturated rings. The molecule has 0 bridgehead atoms. The molecule has 2 atom stereocenters. The minimum atomic E-state index is 0.170. The van der Waals surface area contributed by atoms with Crippen LogP contribution in [0.5, 0.6) is 0 Å². The van der Waals surface area contributed by atoms with Crippen LogP contribution in [0.15, 0.2) is 12.1 Å². The van der Waals surface area contributed by atoms with Crippen molar-refractivity contribution >= 4 is 23.2 Å². The van der Waals surface area contributed by atoms with E-state index < -0.39 is 0 Å². The van der Waals surface area contributed by atoms with Gasteiger partial charge in [-0.1, -0.05) is 29.6 Å². The molecule has 100 valence electrons. The number of aromatic nitrogens is 1. The maximum atomic E-state index is 6.16. The Balaban J connectivity index is 2.13. The van der Waals surface area contributed by atoms with E-state index in [0.29, 0.717) is 16.2 Å². The summed E-state index contributed by atoms with van der Waals surface area (Å²) in [4.78, 5) is 6.69. The van der Waals surface area contributed by atoms with Crippen LogP contribution < -0.4 is 5.73 Å². The lowest BCUT2D eigenvalue weighted by Gasteiger charge is -2.37. The lowest BCUT2D eigenvalue weighted by Crippen LogP contribution is -2.48. The van der Waals surface area contributed by atoms with Crippen molar-refractivity contribution in [3.05, 3.63) is 28.0 Å². The standard InChI is InChI=1S/C13H19Cl2N3/c1-9(16)12-4-2-3-7-18(12)8-11-10(14)5-6-13(15)17-11/h5-6,9,12H,2-4,7-8,16H2,1H3. The van der Waals surface area contributed by atoms with Gasteiger partial charge >= 0.3 is 0 Å². The van der Waals surface area contributed by atoms with Crippen LogP contribution in [0.25, 0.3) is 0 Å². The third-order valence-electron chi connectivity index (χ3n) is 3.51. The Morgan fingerprint density at radius 2 is 2.22 bits per heavy atom. The van der Waals surface area contributed by atoms with E-state index in [-0.39, 0.29) is 6.04 Å². The Labute approximate surface area is 118 Å². The molecule has 2 heterocycles. The van der Waals surface area contributed by atoms with Gasteiger partial charge in [0.25, 0.3) is 0 Å². The van der Waals surface area contributed by atoms with Crippen LogP contribution in [0.3, 0.4) is 0 Å². The number of nitrogens with two attached hydrogens (primary N) is 1. The molecule has 0 spiro atoms. The van der Waals surface area contributed by atoms with E-state index in [2.05, 4.69) is 16.8 Å². The highest BCUT2D eigenvalue weighted by Crippen LogP contribution is 2.24. The molecule has 1 aliphatic rings. The van der Waals surface area contributed by atoms with Gasteiger partial charge in [0.1, 0.15) is 5.15 Å². The van der Waals surface area contributed by atoms with E-state index in [1.165, 1.54) is 12.8 Å². The second kappa shape index (κ2) is 6.20. The van der Waals surface area contributed by atoms with Crippen LogP contribution in [-0.2, 0) is 6.54 Å². The van der Waals surface area contributed by atoms with Crippen LogP contribution in [0.1, 0.15) is 31.9 Å². The van der Waals surface area contributed by atoms with Gasteiger partial charge in [0.15, 0.2) is 0 Å². The van der Waals surface area contributed by atoms with Crippen LogP contribution in [0.2, 0.25) is 10.2 Å². The zero-order valence-electron chi connectivity index (χ0n) is 10.6. The van der Waals surface area contributed by atoms with Crippen LogP contribution >= 0.6 is 23.2 Å². The van der Waals surface area contributed by atoms with Gasteiger partial charge in [0, 0.05) is 18.6 Å². The maximum absolute atomic E-state index is 6.16. The molecule has 1 aliphatic heterocycles. The topological polar surface area (TPSA) is 42.1 Å². The minimum Gasteiger partial charge on any atom is -0.327 e. The van der Waals surface area contributed by atoms with E-state index in [1.807, 2.05) is 0 Å². The van der Waals surface area contributed by atoms with E-state index in [4.69, 9.17) is 28.9 Å². The molecule has 18 heavy (non-hydrogen) atoms. The fourth-order valence-corrected chi connectivity index (χ4v) is 2.90. The number of likely N-dealkylation sites (tertiary alicyclic amines) is 1. The van der Waals surface area contributed by atoms with E-state index >= 15 is 0 Å². The van der Waals surface area contributed by atoms with E-state index in [1.54, 1.807) is 12.1 Å². The van der Waals surface area contributed by atoms with Crippen molar-refractivity contribution in [2.75, 3.05) is 6.54 Å². The summed E-state index contributed by atoms with van der Waals surface area (Å²) in [7, 11) is 0. The molecule has 0 saturated carbocycles. The van der Waals surface area contributed by atoms with Crippen LogP contribution in [0.4, 0.5) is 0 Å². The van der Waals surface area contributed by atoms with Crippen molar-refractivity contribution in [2.45, 2.75) is 44.8 Å². The minimum absolute atomic E-state index is 0.170. The lowest BCUT2D eigenvalue weighted by molar-refractivity contribution is 0.121. The van der Waals surface area contributed by atoms with Gasteiger partial charge in [-0.3, -0.25) is 4.90 Å². The van der Waals surface area contributed by atoms with Gasteiger partial charge in [-0.05, 0) is 38.4 Å². The molecule has 1 aromatic heterocycles. The number of halogens is 2. The first-order chi connectivity index (χ1) is 8.58. The summed E-state index contributed by atoms with van der Waals surface area (Å²) in [6, 6.07) is 4.10. The normalized spacial score (nSPS) is 23.0. The first-order valence-electron chi connectivity index (χ1n) is 6.38. The molecule has 0 aromatic carbocycles. The molecule has 0 amide bonds. The Kier molecular flexibility index (Phi) is 4.84. The Bertz CT molecular complexity index is 409. The van der Waals surface area contributed by atoms with E-state index in [0.717, 1.165) is 25.2 Å². The summed E-state index contributed by atoms with van der Waals surface area (Å²) in [5.41, 5.74) is 6.90. The number of hydrogen-bond acceptors (Lipinski definition) is 3. The van der Waals surface area contributed by atoms with Crippen molar-refractivity contribution < 1.29 is 0 Å². The fourth-order valence-electron chi connectivity index (χ4n) is 2.57. The fraction of sp³-hybridized carbons (Fsp3) is 0.615. The highest BCUT2D eigenvalue weighted by atomic mass is 35.5. The quantitative estimate of drug-likeness (QED) is 0.869. The zero-order chi connectivity index (χ0) is 13.1. The molecule has 0 radical (unpaired) electrons. The number of hydrogen-bond donors (Lipinski definition) is 1. The van der Waals surface area contributed by atoms with Crippen molar-refractivity contribution in [3.63, 3.8) is 0 Å². The molecule has 0 aliphatic carbocycles. The highest BCUT2D eigenvalue weighted by molar-refractivity contribution is 6.32. The first-order valence-corrected chi connectivity index (χ1v) is 7.14. The molecule has 2 unspecified atom stereocenters. The second-order valence-electron chi connectivity index (χ2n) is 4.96. The van der Waals surface area contributed by atoms with Gasteiger partial charge in [0.05, 0.1) is 10.7 Å². The van der Waals surface area contributed by atoms with Crippen molar-refractivity contribution in [1.29, 1.82) is 0 Å². The summed E-state index contributed by atoms with van der Waals surface area (Å²) in [5.74, 6) is 0. The molecule has 3 nitrogen and oxygen atoms in total. The lowest BCUT2D eigenvalue weighted by atomic mass is 9.97. The predicted octanol–water partition coefficient (Wildman–Crippen LogP) is 3.09. The second-order valence-corrected chi connectivity index (χ2v) is 5.75. The third-order valence-corrected chi connectivity index (χ3v) is 4.06. The third kappa shape index (κ3) is 3.35. The van der Waals surface area contributed by atoms with Gasteiger partial charge in [-0.25, -0.2) is 4.98 Å². The molecule has 2 rings (SSSR count). The average molecular weight is 288 g/mol. The average Bonchev–Trinajstić information content (AvgIpc) is 2.34. The number of piperidine rings is 1. The van der Waals surface area contributed by atoms with Crippen LogP contribution in [0, 0.1) is 0 Å². The highest BCUT2D eigenvalue weighted by Gasteiger charge is 2.26. The molecular weight excluding hydrogens is 269 g/mol. The largest absolute Gasteiger partial charge is 0.327 e. The molecule has 2 N–H and O–H groups in total. The SMILES string of the molecule is CC(N)C1CCCCN1Cc1nc(Cl)ccc1Cl. The Hall–Kier alpha value is -0.350. The maximum Gasteiger partial charge on any atom is 0.129 e. The van der Waals surface area contributed by atoms with Gasteiger partial charge in [-0.15, -0.1) is 0 Å². The summed E-state index contributed by atoms with van der Waals surface area (Å²) in [5, 5.41) is 1.16. The van der Waals surface area contributed by atoms with Crippen molar-refractivity contribution in [2.24, 2.45) is 5.73 Å². The molecule has 5 heteroatoms. The van der Waals surface area contributed by atoms with E-state index in [9.17, 15) is 0 Å². The molecular formula is C13H19Cl2N3. The summed E-state index contributed by atoms with van der Waals surface area (Å²) >= 11 is 12.1. The van der Waals surface area contributed by atoms with Gasteiger partial charge < -0.3 is 5.73 Å². The van der Waals surface area contributed by atoms with Crippen LogP contribution in [-0.4, -0.2) is 28.5 Å². The number of pyridine rings is 1. The summed E-state index contributed by atoms with van der Waals surface area (Å²) in [6.07, 6.45) is 3.61. The predicted molar refractivity (Wildman–Crippen MR) is 76.0 cm³/mol. The summed E-state index contributed by atoms with van der Waals surface area (Å²) in [6.45, 7) is 3.85. The number of rotatable bonds is 3.